The molecule has 0 atom stereocenters. The van der Waals surface area contributed by atoms with Crippen LogP contribution in [0.5, 0.6) is 5.75 Å². The minimum Gasteiger partial charge on any atom is -0.489 e. The van der Waals surface area contributed by atoms with Crippen LogP contribution in [-0.4, -0.2) is 14.5 Å². The number of nitrogens with one attached hydrogen (secondary N) is 1. The van der Waals surface area contributed by atoms with E-state index >= 15 is 0 Å². The fraction of sp³-hybridized carbons (Fsp3) is 0.250. The van der Waals surface area contributed by atoms with Crippen molar-refractivity contribution in [2.75, 3.05) is 4.72 Å². The second-order valence-electron chi connectivity index (χ2n) is 5.16. The standard InChI is InChI=1S/C16H18ClNO3S/c1-12(2)21-16-9-8-14(10-15(16)17)18-22(19,20)11-13-6-4-3-5-7-13/h3-10,12,18H,11H2,1-2H3. The van der Waals surface area contributed by atoms with Gasteiger partial charge in [-0.3, -0.25) is 4.72 Å². The molecule has 0 amide bonds. The molecule has 0 saturated heterocycles. The molecule has 0 unspecified atom stereocenters. The van der Waals surface area contributed by atoms with Crippen molar-refractivity contribution in [3.63, 3.8) is 0 Å². The largest absolute Gasteiger partial charge is 0.489 e. The Balaban J connectivity index is 2.11. The molecule has 0 radical (unpaired) electrons. The molecule has 2 aromatic carbocycles. The highest BCUT2D eigenvalue weighted by molar-refractivity contribution is 7.91. The third-order valence-corrected chi connectivity index (χ3v) is 4.32. The van der Waals surface area contributed by atoms with Gasteiger partial charge in [-0.05, 0) is 37.6 Å². The van der Waals surface area contributed by atoms with Crippen molar-refractivity contribution in [2.45, 2.75) is 25.7 Å². The van der Waals surface area contributed by atoms with Crippen LogP contribution in [0, 0.1) is 0 Å². The zero-order valence-corrected chi connectivity index (χ0v) is 14.0. The molecule has 0 aliphatic rings. The SMILES string of the molecule is CC(C)Oc1ccc(NS(=O)(=O)Cc2ccccc2)cc1Cl. The molecule has 0 spiro atoms. The topological polar surface area (TPSA) is 55.4 Å². The highest BCUT2D eigenvalue weighted by atomic mass is 35.5. The Morgan fingerprint density at radius 2 is 1.82 bits per heavy atom. The molecule has 0 aromatic heterocycles. The van der Waals surface area contributed by atoms with Crippen LogP contribution in [-0.2, 0) is 15.8 Å². The lowest BCUT2D eigenvalue weighted by molar-refractivity contribution is 0.242. The quantitative estimate of drug-likeness (QED) is 0.863. The van der Waals surface area contributed by atoms with Crippen LogP contribution in [0.2, 0.25) is 5.02 Å². The molecule has 0 heterocycles. The number of halogens is 1. The van der Waals surface area contributed by atoms with Gasteiger partial charge in [0.05, 0.1) is 22.6 Å². The third kappa shape index (κ3) is 4.93. The average molecular weight is 340 g/mol. The number of sulfonamides is 1. The average Bonchev–Trinajstić information content (AvgIpc) is 2.41. The molecule has 1 N–H and O–H groups in total. The van der Waals surface area contributed by atoms with Gasteiger partial charge in [-0.25, -0.2) is 8.42 Å². The van der Waals surface area contributed by atoms with E-state index in [2.05, 4.69) is 4.72 Å². The second kappa shape index (κ2) is 7.03. The van der Waals surface area contributed by atoms with Gasteiger partial charge in [0.2, 0.25) is 10.0 Å². The summed E-state index contributed by atoms with van der Waals surface area (Å²) in [5, 5.41) is 0.369. The Kier molecular flexibility index (Phi) is 5.32. The maximum absolute atomic E-state index is 12.2. The molecule has 22 heavy (non-hydrogen) atoms. The van der Waals surface area contributed by atoms with Crippen LogP contribution >= 0.6 is 11.6 Å². The van der Waals surface area contributed by atoms with Crippen molar-refractivity contribution in [1.29, 1.82) is 0 Å². The number of ether oxygens (including phenoxy) is 1. The lowest BCUT2D eigenvalue weighted by atomic mass is 10.2. The molecule has 6 heteroatoms. The van der Waals surface area contributed by atoms with Crippen LogP contribution < -0.4 is 9.46 Å². The Hall–Kier alpha value is -1.72. The normalized spacial score (nSPS) is 11.5. The van der Waals surface area contributed by atoms with Gasteiger partial charge >= 0.3 is 0 Å². The molecule has 0 aliphatic carbocycles. The highest BCUT2D eigenvalue weighted by Gasteiger charge is 2.13. The first-order chi connectivity index (χ1) is 10.4. The molecule has 2 aromatic rings. The number of anilines is 1. The summed E-state index contributed by atoms with van der Waals surface area (Å²) in [6.45, 7) is 3.79. The summed E-state index contributed by atoms with van der Waals surface area (Å²) in [6.07, 6.45) is -0.00174. The molecule has 118 valence electrons. The van der Waals surface area contributed by atoms with Gasteiger partial charge in [-0.2, -0.15) is 0 Å². The Morgan fingerprint density at radius 1 is 1.14 bits per heavy atom. The van der Waals surface area contributed by atoms with E-state index in [0.717, 1.165) is 5.56 Å². The summed E-state index contributed by atoms with van der Waals surface area (Å²) >= 11 is 6.10. The lowest BCUT2D eigenvalue weighted by Crippen LogP contribution is -2.15. The van der Waals surface area contributed by atoms with E-state index < -0.39 is 10.0 Å². The monoisotopic (exact) mass is 339 g/mol. The summed E-state index contributed by atoms with van der Waals surface area (Å²) < 4.78 is 32.4. The molecular formula is C16H18ClNO3S. The van der Waals surface area contributed by atoms with Crippen LogP contribution in [0.25, 0.3) is 0 Å². The van der Waals surface area contributed by atoms with Gasteiger partial charge in [-0.15, -0.1) is 0 Å². The van der Waals surface area contributed by atoms with Crippen LogP contribution in [0.4, 0.5) is 5.69 Å². The van der Waals surface area contributed by atoms with Gasteiger partial charge < -0.3 is 4.74 Å². The fourth-order valence-corrected chi connectivity index (χ4v) is 3.34. The van der Waals surface area contributed by atoms with Crippen molar-refractivity contribution in [1.82, 2.24) is 0 Å². The number of hydrogen-bond acceptors (Lipinski definition) is 3. The van der Waals surface area contributed by atoms with Crippen LogP contribution in [0.15, 0.2) is 48.5 Å². The minimum absolute atomic E-state index is 0.00174. The summed E-state index contributed by atoms with van der Waals surface area (Å²) in [7, 11) is -3.49. The first-order valence-corrected chi connectivity index (χ1v) is 8.89. The van der Waals surface area contributed by atoms with Gasteiger partial charge in [0.15, 0.2) is 0 Å². The van der Waals surface area contributed by atoms with Crippen LogP contribution in [0.3, 0.4) is 0 Å². The van der Waals surface area contributed by atoms with Gasteiger partial charge in [0.25, 0.3) is 0 Å². The van der Waals surface area contributed by atoms with E-state index in [4.69, 9.17) is 16.3 Å². The minimum atomic E-state index is -3.49. The Bertz CT molecular complexity index is 730. The molecule has 0 saturated carbocycles. The first-order valence-electron chi connectivity index (χ1n) is 6.86. The van der Waals surface area contributed by atoms with E-state index in [9.17, 15) is 8.42 Å². The van der Waals surface area contributed by atoms with Crippen molar-refractivity contribution in [3.8, 4) is 5.75 Å². The van der Waals surface area contributed by atoms with Crippen LogP contribution in [0.1, 0.15) is 19.4 Å². The maximum Gasteiger partial charge on any atom is 0.236 e. The summed E-state index contributed by atoms with van der Waals surface area (Å²) in [5.41, 5.74) is 1.14. The van der Waals surface area contributed by atoms with E-state index in [-0.39, 0.29) is 11.9 Å². The molecule has 4 nitrogen and oxygen atoms in total. The molecule has 0 bridgehead atoms. The van der Waals surface area contributed by atoms with Crippen molar-refractivity contribution < 1.29 is 13.2 Å². The third-order valence-electron chi connectivity index (χ3n) is 2.77. The number of hydrogen-bond donors (Lipinski definition) is 1. The Labute approximate surface area is 136 Å². The zero-order valence-electron chi connectivity index (χ0n) is 12.4. The molecule has 0 aliphatic heterocycles. The van der Waals surface area contributed by atoms with E-state index in [0.29, 0.717) is 16.5 Å². The van der Waals surface area contributed by atoms with E-state index in [1.54, 1.807) is 42.5 Å². The van der Waals surface area contributed by atoms with E-state index in [1.807, 2.05) is 19.9 Å². The molecular weight excluding hydrogens is 322 g/mol. The number of benzene rings is 2. The predicted octanol–water partition coefficient (Wildman–Crippen LogP) is 4.07. The Morgan fingerprint density at radius 3 is 2.41 bits per heavy atom. The lowest BCUT2D eigenvalue weighted by Gasteiger charge is -2.13. The second-order valence-corrected chi connectivity index (χ2v) is 7.29. The smallest absolute Gasteiger partial charge is 0.236 e. The molecule has 0 fully saturated rings. The van der Waals surface area contributed by atoms with E-state index in [1.165, 1.54) is 0 Å². The van der Waals surface area contributed by atoms with Gasteiger partial charge in [0.1, 0.15) is 5.75 Å². The zero-order chi connectivity index (χ0) is 16.2. The maximum atomic E-state index is 12.2. The summed E-state index contributed by atoms with van der Waals surface area (Å²) in [6, 6.07) is 13.8. The highest BCUT2D eigenvalue weighted by Crippen LogP contribution is 2.29. The van der Waals surface area contributed by atoms with Gasteiger partial charge in [-0.1, -0.05) is 41.9 Å². The first kappa shape index (κ1) is 16.6. The van der Waals surface area contributed by atoms with Crippen molar-refractivity contribution >= 4 is 27.3 Å². The summed E-state index contributed by atoms with van der Waals surface area (Å²) in [4.78, 5) is 0. The molecule has 2 rings (SSSR count). The summed E-state index contributed by atoms with van der Waals surface area (Å²) in [5.74, 6) is 0.443. The van der Waals surface area contributed by atoms with Crippen molar-refractivity contribution in [2.24, 2.45) is 0 Å². The fourth-order valence-electron chi connectivity index (χ4n) is 1.92. The van der Waals surface area contributed by atoms with Crippen molar-refractivity contribution in [3.05, 3.63) is 59.1 Å². The van der Waals surface area contributed by atoms with Gasteiger partial charge in [0, 0.05) is 0 Å². The number of rotatable bonds is 6. The predicted molar refractivity (Wildman–Crippen MR) is 89.9 cm³/mol.